The summed E-state index contributed by atoms with van der Waals surface area (Å²) in [7, 11) is 0. The van der Waals surface area contributed by atoms with E-state index in [1.165, 1.54) is 12.1 Å². The Morgan fingerprint density at radius 2 is 2.00 bits per heavy atom. The fourth-order valence-electron chi connectivity index (χ4n) is 1.27. The molecular weight excluding hydrogens is 233 g/mol. The second-order valence-electron chi connectivity index (χ2n) is 3.17. The Morgan fingerprint density at radius 3 is 2.53 bits per heavy atom. The molecule has 0 bridgehead atoms. The topological polar surface area (TPSA) is 12.9 Å². The summed E-state index contributed by atoms with van der Waals surface area (Å²) in [6, 6.07) is 6.33. The van der Waals surface area contributed by atoms with Gasteiger partial charge in [0, 0.05) is 10.4 Å². The minimum atomic E-state index is -0.232. The molecule has 0 amide bonds. The van der Waals surface area contributed by atoms with E-state index < -0.39 is 0 Å². The van der Waals surface area contributed by atoms with E-state index in [4.69, 9.17) is 11.6 Å². The van der Waals surface area contributed by atoms with Crippen LogP contribution in [0.15, 0.2) is 24.3 Å². The van der Waals surface area contributed by atoms with Crippen LogP contribution in [0.3, 0.4) is 0 Å². The van der Waals surface area contributed by atoms with Crippen LogP contribution in [0, 0.1) is 12.7 Å². The largest absolute Gasteiger partial charge is 0.241 e. The molecule has 0 saturated heterocycles. The first kappa shape index (κ1) is 10.6. The van der Waals surface area contributed by atoms with Crippen molar-refractivity contribution >= 4 is 22.9 Å². The molecule has 0 saturated carbocycles. The van der Waals surface area contributed by atoms with Crippen molar-refractivity contribution in [1.82, 2.24) is 4.98 Å². The number of hydrogen-bond donors (Lipinski definition) is 0. The number of rotatable bonds is 2. The maximum atomic E-state index is 12.7. The summed E-state index contributed by atoms with van der Waals surface area (Å²) in [6.45, 7) is 1.93. The van der Waals surface area contributed by atoms with Crippen molar-refractivity contribution in [2.45, 2.75) is 12.8 Å². The first-order chi connectivity index (χ1) is 7.20. The summed E-state index contributed by atoms with van der Waals surface area (Å²) in [4.78, 5) is 5.46. The van der Waals surface area contributed by atoms with Gasteiger partial charge in [-0.1, -0.05) is 0 Å². The third-order valence-corrected chi connectivity index (χ3v) is 3.74. The normalized spacial score (nSPS) is 10.6. The summed E-state index contributed by atoms with van der Waals surface area (Å²) >= 11 is 7.32. The van der Waals surface area contributed by atoms with Crippen LogP contribution in [0.1, 0.15) is 10.6 Å². The number of hydrogen-bond acceptors (Lipinski definition) is 2. The van der Waals surface area contributed by atoms with Gasteiger partial charge in [0.2, 0.25) is 0 Å². The van der Waals surface area contributed by atoms with Crippen LogP contribution in [0.4, 0.5) is 4.39 Å². The molecule has 1 aromatic carbocycles. The highest BCUT2D eigenvalue weighted by Crippen LogP contribution is 2.28. The minimum absolute atomic E-state index is 0.232. The fourth-order valence-corrected chi connectivity index (χ4v) is 2.54. The zero-order chi connectivity index (χ0) is 10.8. The lowest BCUT2D eigenvalue weighted by Crippen LogP contribution is -1.79. The molecule has 2 aromatic rings. The lowest BCUT2D eigenvalue weighted by molar-refractivity contribution is 0.628. The van der Waals surface area contributed by atoms with Crippen LogP contribution in [0.25, 0.3) is 10.6 Å². The van der Waals surface area contributed by atoms with Crippen molar-refractivity contribution in [3.05, 3.63) is 40.7 Å². The molecule has 15 heavy (non-hydrogen) atoms. The molecule has 78 valence electrons. The molecule has 4 heteroatoms. The Morgan fingerprint density at radius 1 is 1.33 bits per heavy atom. The molecule has 0 unspecified atom stereocenters. The molecule has 1 aromatic heterocycles. The van der Waals surface area contributed by atoms with Gasteiger partial charge in [-0.2, -0.15) is 0 Å². The summed E-state index contributed by atoms with van der Waals surface area (Å²) < 4.78 is 12.7. The van der Waals surface area contributed by atoms with Crippen molar-refractivity contribution < 1.29 is 4.39 Å². The molecule has 2 rings (SSSR count). The zero-order valence-corrected chi connectivity index (χ0v) is 9.70. The van der Waals surface area contributed by atoms with E-state index in [-0.39, 0.29) is 5.82 Å². The Balaban J connectivity index is 2.41. The number of benzene rings is 1. The minimum Gasteiger partial charge on any atom is -0.241 e. The van der Waals surface area contributed by atoms with E-state index in [2.05, 4.69) is 4.98 Å². The summed E-state index contributed by atoms with van der Waals surface area (Å²) in [6.07, 6.45) is 0. The Labute approximate surface area is 96.5 Å². The number of nitrogens with zero attached hydrogens (tertiary/aromatic N) is 1. The molecular formula is C11H9ClFNS. The second kappa shape index (κ2) is 4.29. The predicted molar refractivity (Wildman–Crippen MR) is 61.8 cm³/mol. The summed E-state index contributed by atoms with van der Waals surface area (Å²) in [5, 5.41) is 0.892. The van der Waals surface area contributed by atoms with Gasteiger partial charge in [0.05, 0.1) is 11.6 Å². The SMILES string of the molecule is Cc1nc(-c2ccc(F)cc2)sc1CCl. The number of alkyl halides is 1. The van der Waals surface area contributed by atoms with Gasteiger partial charge >= 0.3 is 0 Å². The van der Waals surface area contributed by atoms with E-state index in [9.17, 15) is 4.39 Å². The van der Waals surface area contributed by atoms with Crippen LogP contribution in [-0.2, 0) is 5.88 Å². The maximum Gasteiger partial charge on any atom is 0.123 e. The summed E-state index contributed by atoms with van der Waals surface area (Å²) in [5.41, 5.74) is 1.88. The van der Waals surface area contributed by atoms with E-state index >= 15 is 0 Å². The molecule has 0 aliphatic carbocycles. The van der Waals surface area contributed by atoms with Crippen LogP contribution >= 0.6 is 22.9 Å². The van der Waals surface area contributed by atoms with Crippen LogP contribution in [0.5, 0.6) is 0 Å². The number of aryl methyl sites for hydroxylation is 1. The third kappa shape index (κ3) is 2.19. The van der Waals surface area contributed by atoms with Crippen molar-refractivity contribution in [3.8, 4) is 10.6 Å². The van der Waals surface area contributed by atoms with Gasteiger partial charge in [0.25, 0.3) is 0 Å². The van der Waals surface area contributed by atoms with Crippen molar-refractivity contribution in [3.63, 3.8) is 0 Å². The van der Waals surface area contributed by atoms with Gasteiger partial charge in [-0.25, -0.2) is 9.37 Å². The first-order valence-corrected chi connectivity index (χ1v) is 5.84. The van der Waals surface area contributed by atoms with Gasteiger partial charge in [-0.05, 0) is 31.2 Å². The monoisotopic (exact) mass is 241 g/mol. The second-order valence-corrected chi connectivity index (χ2v) is 4.52. The standard InChI is InChI=1S/C11H9ClFNS/c1-7-10(6-12)15-11(14-7)8-2-4-9(13)5-3-8/h2-5H,6H2,1H3. The lowest BCUT2D eigenvalue weighted by atomic mass is 10.2. The van der Waals surface area contributed by atoms with Crippen LogP contribution in [0.2, 0.25) is 0 Å². The fraction of sp³-hybridized carbons (Fsp3) is 0.182. The molecule has 0 radical (unpaired) electrons. The van der Waals surface area contributed by atoms with Crippen molar-refractivity contribution in [1.29, 1.82) is 0 Å². The molecule has 0 aliphatic rings. The molecule has 0 aliphatic heterocycles. The van der Waals surface area contributed by atoms with Crippen LogP contribution < -0.4 is 0 Å². The smallest absolute Gasteiger partial charge is 0.123 e. The summed E-state index contributed by atoms with van der Waals surface area (Å²) in [5.74, 6) is 0.245. The number of aromatic nitrogens is 1. The number of thiazole rings is 1. The Kier molecular flexibility index (Phi) is 3.03. The van der Waals surface area contributed by atoms with Gasteiger partial charge < -0.3 is 0 Å². The first-order valence-electron chi connectivity index (χ1n) is 4.49. The van der Waals surface area contributed by atoms with Crippen molar-refractivity contribution in [2.24, 2.45) is 0 Å². The van der Waals surface area contributed by atoms with Gasteiger partial charge in [-0.3, -0.25) is 0 Å². The lowest BCUT2D eigenvalue weighted by Gasteiger charge is -1.94. The molecule has 0 N–H and O–H groups in total. The highest BCUT2D eigenvalue weighted by Gasteiger charge is 2.08. The van der Waals surface area contributed by atoms with Crippen LogP contribution in [-0.4, -0.2) is 4.98 Å². The Hall–Kier alpha value is -0.930. The van der Waals surface area contributed by atoms with E-state index in [0.29, 0.717) is 5.88 Å². The zero-order valence-electron chi connectivity index (χ0n) is 8.13. The van der Waals surface area contributed by atoms with Gasteiger partial charge in [-0.15, -0.1) is 22.9 Å². The van der Waals surface area contributed by atoms with Gasteiger partial charge in [0.15, 0.2) is 0 Å². The quantitative estimate of drug-likeness (QED) is 0.725. The average Bonchev–Trinajstić information content (AvgIpc) is 2.61. The molecule has 0 spiro atoms. The molecule has 1 heterocycles. The molecule has 1 nitrogen and oxygen atoms in total. The highest BCUT2D eigenvalue weighted by molar-refractivity contribution is 7.15. The van der Waals surface area contributed by atoms with E-state index in [1.54, 1.807) is 23.5 Å². The third-order valence-electron chi connectivity index (χ3n) is 2.11. The number of halogens is 2. The molecule has 0 atom stereocenters. The maximum absolute atomic E-state index is 12.7. The van der Waals surface area contributed by atoms with Crippen molar-refractivity contribution in [2.75, 3.05) is 0 Å². The van der Waals surface area contributed by atoms with Gasteiger partial charge in [0.1, 0.15) is 10.8 Å². The molecule has 0 fully saturated rings. The highest BCUT2D eigenvalue weighted by atomic mass is 35.5. The predicted octanol–water partition coefficient (Wildman–Crippen LogP) is 4.00. The van der Waals surface area contributed by atoms with E-state index in [0.717, 1.165) is 21.1 Å². The van der Waals surface area contributed by atoms with E-state index in [1.807, 2.05) is 6.92 Å². The Bertz CT molecular complexity index is 464. The average molecular weight is 242 g/mol.